The molecule has 0 unspecified atom stereocenters. The molecule has 0 N–H and O–H groups in total. The topological polar surface area (TPSA) is 31.6 Å². The van der Waals surface area contributed by atoms with Crippen molar-refractivity contribution in [2.75, 3.05) is 20.8 Å². The first-order valence-electron chi connectivity index (χ1n) is 7.81. The van der Waals surface area contributed by atoms with Gasteiger partial charge in [0.05, 0.1) is 20.9 Å². The Hall–Kier alpha value is -1.79. The van der Waals surface area contributed by atoms with E-state index >= 15 is 0 Å². The Kier molecular flexibility index (Phi) is 4.73. The lowest BCUT2D eigenvalue weighted by Crippen LogP contribution is -2.26. The van der Waals surface area contributed by atoms with Crippen molar-refractivity contribution >= 4 is 12.2 Å². The molecule has 1 atom stereocenters. The van der Waals surface area contributed by atoms with Crippen LogP contribution in [0.3, 0.4) is 0 Å². The molecular formula is C17H23N3O2S. The Bertz CT molecular complexity index is 738. The zero-order valence-electron chi connectivity index (χ0n) is 13.9. The largest absolute Gasteiger partial charge is 0.497 e. The van der Waals surface area contributed by atoms with Crippen molar-refractivity contribution in [3.05, 3.63) is 40.9 Å². The molecule has 2 heterocycles. The van der Waals surface area contributed by atoms with Gasteiger partial charge in [0.2, 0.25) is 0 Å². The maximum absolute atomic E-state index is 5.57. The molecule has 1 aromatic heterocycles. The standard InChI is InChI=1S/C17H23N3O2S/c1-18-9-10-20(17(18)23)12-19-8-4-5-15(19)14-11-13(21-2)6-7-16(14)22-3/h6-7,9-11,15H,4-5,8,12H2,1-3H3/t15-/m0/s1. The van der Waals surface area contributed by atoms with Gasteiger partial charge in [-0.3, -0.25) is 4.90 Å². The van der Waals surface area contributed by atoms with Crippen LogP contribution in [0.2, 0.25) is 0 Å². The average molecular weight is 333 g/mol. The first-order valence-corrected chi connectivity index (χ1v) is 8.22. The maximum Gasteiger partial charge on any atom is 0.180 e. The highest BCUT2D eigenvalue weighted by Gasteiger charge is 2.29. The molecule has 5 nitrogen and oxygen atoms in total. The van der Waals surface area contributed by atoms with E-state index < -0.39 is 0 Å². The molecule has 23 heavy (non-hydrogen) atoms. The number of likely N-dealkylation sites (tertiary alicyclic amines) is 1. The van der Waals surface area contributed by atoms with Crippen molar-refractivity contribution in [3.8, 4) is 11.5 Å². The van der Waals surface area contributed by atoms with Gasteiger partial charge in [-0.2, -0.15) is 0 Å². The fourth-order valence-corrected chi connectivity index (χ4v) is 3.44. The quantitative estimate of drug-likeness (QED) is 0.785. The van der Waals surface area contributed by atoms with Crippen molar-refractivity contribution in [1.82, 2.24) is 14.0 Å². The Morgan fingerprint density at radius 3 is 2.70 bits per heavy atom. The van der Waals surface area contributed by atoms with E-state index in [0.717, 1.165) is 35.9 Å². The minimum absolute atomic E-state index is 0.321. The van der Waals surface area contributed by atoms with Gasteiger partial charge >= 0.3 is 0 Å². The summed E-state index contributed by atoms with van der Waals surface area (Å²) in [5.41, 5.74) is 1.19. The number of benzene rings is 1. The van der Waals surface area contributed by atoms with Crippen LogP contribution >= 0.6 is 12.2 Å². The second kappa shape index (κ2) is 6.76. The first kappa shape index (κ1) is 16.1. The van der Waals surface area contributed by atoms with Crippen molar-refractivity contribution in [1.29, 1.82) is 0 Å². The summed E-state index contributed by atoms with van der Waals surface area (Å²) >= 11 is 5.46. The Morgan fingerprint density at radius 2 is 2.04 bits per heavy atom. The Morgan fingerprint density at radius 1 is 1.22 bits per heavy atom. The third kappa shape index (κ3) is 3.14. The zero-order chi connectivity index (χ0) is 16.4. The van der Waals surface area contributed by atoms with Gasteiger partial charge in [-0.15, -0.1) is 0 Å². The number of aryl methyl sites for hydroxylation is 1. The number of hydrogen-bond acceptors (Lipinski definition) is 4. The smallest absolute Gasteiger partial charge is 0.180 e. The van der Waals surface area contributed by atoms with Crippen molar-refractivity contribution in [2.45, 2.75) is 25.6 Å². The summed E-state index contributed by atoms with van der Waals surface area (Å²) in [6.45, 7) is 1.85. The fraction of sp³-hybridized carbons (Fsp3) is 0.471. The molecule has 3 rings (SSSR count). The molecule has 1 aliphatic heterocycles. The van der Waals surface area contributed by atoms with E-state index in [-0.39, 0.29) is 0 Å². The number of nitrogens with zero attached hydrogens (tertiary/aromatic N) is 3. The van der Waals surface area contributed by atoms with Crippen LogP contribution in [0, 0.1) is 4.77 Å². The third-order valence-electron chi connectivity index (χ3n) is 4.51. The molecule has 0 bridgehead atoms. The number of imidazole rings is 1. The van der Waals surface area contributed by atoms with Crippen LogP contribution in [0.15, 0.2) is 30.6 Å². The molecule has 0 amide bonds. The summed E-state index contributed by atoms with van der Waals surface area (Å²) in [6, 6.07) is 6.34. The van der Waals surface area contributed by atoms with Gasteiger partial charge in [-0.05, 0) is 43.3 Å². The normalized spacial score (nSPS) is 18.3. The van der Waals surface area contributed by atoms with E-state index in [4.69, 9.17) is 21.7 Å². The van der Waals surface area contributed by atoms with Gasteiger partial charge in [0.15, 0.2) is 4.77 Å². The van der Waals surface area contributed by atoms with E-state index in [1.54, 1.807) is 14.2 Å². The highest BCUT2D eigenvalue weighted by atomic mass is 32.1. The van der Waals surface area contributed by atoms with E-state index in [1.807, 2.05) is 36.1 Å². The predicted octanol–water partition coefficient (Wildman–Crippen LogP) is 3.37. The SMILES string of the molecule is COc1ccc(OC)c([C@@H]2CCCN2Cn2ccn(C)c2=S)c1. The number of ether oxygens (including phenoxy) is 2. The summed E-state index contributed by atoms with van der Waals surface area (Å²) in [5.74, 6) is 1.78. The Balaban J connectivity index is 1.89. The van der Waals surface area contributed by atoms with Crippen molar-refractivity contribution in [3.63, 3.8) is 0 Å². The van der Waals surface area contributed by atoms with Crippen molar-refractivity contribution in [2.24, 2.45) is 7.05 Å². The van der Waals surface area contributed by atoms with Crippen LogP contribution in [-0.4, -0.2) is 34.8 Å². The second-order valence-corrected chi connectivity index (χ2v) is 6.25. The lowest BCUT2D eigenvalue weighted by atomic mass is 10.0. The fourth-order valence-electron chi connectivity index (χ4n) is 3.26. The van der Waals surface area contributed by atoms with Gasteiger partial charge < -0.3 is 18.6 Å². The lowest BCUT2D eigenvalue weighted by molar-refractivity contribution is 0.197. The monoisotopic (exact) mass is 333 g/mol. The molecule has 124 valence electrons. The molecule has 1 saturated heterocycles. The summed E-state index contributed by atoms with van der Waals surface area (Å²) in [6.07, 6.45) is 6.33. The second-order valence-electron chi connectivity index (χ2n) is 5.88. The Labute approximate surface area is 142 Å². The summed E-state index contributed by atoms with van der Waals surface area (Å²) in [4.78, 5) is 2.45. The minimum atomic E-state index is 0.321. The predicted molar refractivity (Wildman–Crippen MR) is 92.5 cm³/mol. The van der Waals surface area contributed by atoms with Crippen LogP contribution in [-0.2, 0) is 13.7 Å². The van der Waals surface area contributed by atoms with Gasteiger partial charge in [0, 0.05) is 37.6 Å². The van der Waals surface area contributed by atoms with E-state index in [9.17, 15) is 0 Å². The summed E-state index contributed by atoms with van der Waals surface area (Å²) in [5, 5.41) is 0. The molecule has 0 spiro atoms. The van der Waals surface area contributed by atoms with Crippen LogP contribution in [0.5, 0.6) is 11.5 Å². The maximum atomic E-state index is 5.57. The molecule has 0 aliphatic carbocycles. The van der Waals surface area contributed by atoms with E-state index in [2.05, 4.69) is 15.5 Å². The highest BCUT2D eigenvalue weighted by Crippen LogP contribution is 2.39. The third-order valence-corrected chi connectivity index (χ3v) is 5.03. The van der Waals surface area contributed by atoms with Crippen LogP contribution < -0.4 is 9.47 Å². The molecule has 2 aromatic rings. The number of methoxy groups -OCH3 is 2. The number of rotatable bonds is 5. The van der Waals surface area contributed by atoms with E-state index in [0.29, 0.717) is 6.04 Å². The van der Waals surface area contributed by atoms with E-state index in [1.165, 1.54) is 12.0 Å². The van der Waals surface area contributed by atoms with Crippen LogP contribution in [0.4, 0.5) is 0 Å². The molecule has 1 aromatic carbocycles. The molecular weight excluding hydrogens is 310 g/mol. The van der Waals surface area contributed by atoms with Crippen LogP contribution in [0.25, 0.3) is 0 Å². The average Bonchev–Trinajstić information content (AvgIpc) is 3.16. The van der Waals surface area contributed by atoms with Gasteiger partial charge in [-0.1, -0.05) is 0 Å². The van der Waals surface area contributed by atoms with Gasteiger partial charge in [0.1, 0.15) is 11.5 Å². The van der Waals surface area contributed by atoms with Crippen LogP contribution in [0.1, 0.15) is 24.4 Å². The highest BCUT2D eigenvalue weighted by molar-refractivity contribution is 7.71. The molecule has 0 saturated carbocycles. The summed E-state index contributed by atoms with van der Waals surface area (Å²) < 4.78 is 15.9. The van der Waals surface area contributed by atoms with Crippen molar-refractivity contribution < 1.29 is 9.47 Å². The lowest BCUT2D eigenvalue weighted by Gasteiger charge is -2.26. The molecule has 0 radical (unpaired) electrons. The molecule has 1 aliphatic rings. The van der Waals surface area contributed by atoms with Gasteiger partial charge in [-0.25, -0.2) is 0 Å². The summed E-state index contributed by atoms with van der Waals surface area (Å²) in [7, 11) is 5.39. The minimum Gasteiger partial charge on any atom is -0.497 e. The molecule has 1 fully saturated rings. The number of aromatic nitrogens is 2. The molecule has 6 heteroatoms. The zero-order valence-corrected chi connectivity index (χ0v) is 14.7. The first-order chi connectivity index (χ1) is 11.1. The number of hydrogen-bond donors (Lipinski definition) is 0. The van der Waals surface area contributed by atoms with Gasteiger partial charge in [0.25, 0.3) is 0 Å².